The molecular weight excluding hydrogens is 601 g/mol. The molecule has 0 heterocycles. The smallest absolute Gasteiger partial charge is 0.274 e. The first-order valence-corrected chi connectivity index (χ1v) is 14.1. The number of amides is 1. The summed E-state index contributed by atoms with van der Waals surface area (Å²) in [7, 11) is -4.26. The number of halogens is 3. The fraction of sp³-hybridized carbons (Fsp3) is 0.136. The van der Waals surface area contributed by atoms with Crippen LogP contribution in [0.3, 0.4) is 0 Å². The molecule has 1 unspecified atom stereocenters. The van der Waals surface area contributed by atoms with Gasteiger partial charge in [0.25, 0.3) is 5.69 Å². The number of hydrogen-bond donors (Lipinski definition) is 2. The highest BCUT2D eigenvalue weighted by Gasteiger charge is 2.29. The van der Waals surface area contributed by atoms with Gasteiger partial charge in [-0.05, 0) is 58.6 Å². The summed E-state index contributed by atoms with van der Waals surface area (Å²) < 4.78 is 29.4. The minimum absolute atomic E-state index is 0.0308. The van der Waals surface area contributed by atoms with Crippen LogP contribution in [0.4, 0.5) is 11.4 Å². The summed E-state index contributed by atoms with van der Waals surface area (Å²) in [5.74, 6) is -0.552. The Hall–Kier alpha value is -2.15. The molecule has 1 atom stereocenters. The number of nitro groups is 1. The van der Waals surface area contributed by atoms with Crippen LogP contribution in [0.15, 0.2) is 74.9 Å². The van der Waals surface area contributed by atoms with Crippen LogP contribution in [-0.4, -0.2) is 25.5 Å². The number of benzene rings is 3. The van der Waals surface area contributed by atoms with Gasteiger partial charge in [-0.15, -0.1) is 11.8 Å². The third kappa shape index (κ3) is 7.18. The lowest BCUT2D eigenvalue weighted by molar-refractivity contribution is -0.385. The van der Waals surface area contributed by atoms with Crippen LogP contribution in [0.5, 0.6) is 0 Å². The number of nitro benzene ring substituents is 1. The first kappa shape index (κ1) is 27.4. The maximum atomic E-state index is 13.1. The van der Waals surface area contributed by atoms with Gasteiger partial charge in [0.15, 0.2) is 0 Å². The van der Waals surface area contributed by atoms with Crippen LogP contribution in [0.25, 0.3) is 0 Å². The molecule has 13 heteroatoms. The number of hydrogen-bond acceptors (Lipinski definition) is 6. The molecule has 35 heavy (non-hydrogen) atoms. The van der Waals surface area contributed by atoms with Crippen molar-refractivity contribution in [2.24, 2.45) is 0 Å². The highest BCUT2D eigenvalue weighted by molar-refractivity contribution is 9.10. The third-order valence-electron chi connectivity index (χ3n) is 4.78. The summed E-state index contributed by atoms with van der Waals surface area (Å²) in [4.78, 5) is 24.6. The van der Waals surface area contributed by atoms with Crippen LogP contribution in [0.2, 0.25) is 10.0 Å². The largest absolute Gasteiger partial charge is 0.326 e. The molecule has 0 bridgehead atoms. The van der Waals surface area contributed by atoms with Crippen LogP contribution >= 0.6 is 50.9 Å². The Morgan fingerprint density at radius 1 is 1.11 bits per heavy atom. The van der Waals surface area contributed by atoms with Gasteiger partial charge in [0.2, 0.25) is 15.9 Å². The Balaban J connectivity index is 1.95. The summed E-state index contributed by atoms with van der Waals surface area (Å²) in [5, 5.41) is 14.5. The number of nitrogens with zero attached hydrogens (tertiary/aromatic N) is 1. The molecule has 0 spiro atoms. The lowest BCUT2D eigenvalue weighted by atomic mass is 10.0. The summed E-state index contributed by atoms with van der Waals surface area (Å²) in [5.41, 5.74) is 0.179. The highest BCUT2D eigenvalue weighted by Crippen LogP contribution is 2.31. The maximum Gasteiger partial charge on any atom is 0.274 e. The van der Waals surface area contributed by atoms with Crippen molar-refractivity contribution in [1.29, 1.82) is 0 Å². The summed E-state index contributed by atoms with van der Waals surface area (Å²) in [6.45, 7) is 0. The lowest BCUT2D eigenvalue weighted by Gasteiger charge is -2.19. The van der Waals surface area contributed by atoms with E-state index in [4.69, 9.17) is 23.2 Å². The number of sulfonamides is 1. The first-order valence-electron chi connectivity index (χ1n) is 9.85. The average Bonchev–Trinajstić information content (AvgIpc) is 2.78. The van der Waals surface area contributed by atoms with Crippen LogP contribution in [-0.2, 0) is 14.8 Å². The van der Waals surface area contributed by atoms with Gasteiger partial charge in [0.05, 0.1) is 15.9 Å². The fourth-order valence-electron chi connectivity index (χ4n) is 3.24. The molecule has 0 aliphatic heterocycles. The zero-order chi connectivity index (χ0) is 25.8. The SMILES string of the molecule is CSc1ccc(NC(=O)CC(NS(=O)(=O)c2cc(Cl)cc(Cl)c2)c2ccccc2[N+](=O)[O-])cc1Br. The second-order valence-electron chi connectivity index (χ2n) is 7.20. The van der Waals surface area contributed by atoms with Gasteiger partial charge in [-0.2, -0.15) is 0 Å². The molecule has 0 saturated heterocycles. The van der Waals surface area contributed by atoms with Gasteiger partial charge >= 0.3 is 0 Å². The zero-order valence-electron chi connectivity index (χ0n) is 18.0. The van der Waals surface area contributed by atoms with E-state index in [1.807, 2.05) is 12.3 Å². The average molecular weight is 619 g/mol. The second-order valence-corrected chi connectivity index (χ2v) is 11.5. The van der Waals surface area contributed by atoms with Gasteiger partial charge in [0.1, 0.15) is 0 Å². The molecule has 0 saturated carbocycles. The molecule has 3 aromatic carbocycles. The van der Waals surface area contributed by atoms with Crippen LogP contribution < -0.4 is 10.0 Å². The second kappa shape index (κ2) is 11.7. The third-order valence-corrected chi connectivity index (χ3v) is 8.38. The van der Waals surface area contributed by atoms with Gasteiger partial charge in [-0.3, -0.25) is 14.9 Å². The van der Waals surface area contributed by atoms with E-state index < -0.39 is 33.3 Å². The molecule has 3 rings (SSSR count). The van der Waals surface area contributed by atoms with E-state index in [0.29, 0.717) is 5.69 Å². The van der Waals surface area contributed by atoms with Crippen LogP contribution in [0, 0.1) is 10.1 Å². The van der Waals surface area contributed by atoms with E-state index in [-0.39, 0.29) is 26.2 Å². The number of thioether (sulfide) groups is 1. The fourth-order valence-corrected chi connectivity index (χ4v) is 6.51. The Bertz CT molecular complexity index is 1370. The van der Waals surface area contributed by atoms with Crippen LogP contribution in [0.1, 0.15) is 18.0 Å². The summed E-state index contributed by atoms with van der Waals surface area (Å²) in [6, 6.07) is 13.3. The van der Waals surface area contributed by atoms with Crippen molar-refractivity contribution in [2.45, 2.75) is 22.3 Å². The van der Waals surface area contributed by atoms with Crippen molar-refractivity contribution in [3.05, 3.63) is 90.9 Å². The monoisotopic (exact) mass is 617 g/mol. The van der Waals surface area contributed by atoms with Gasteiger partial charge < -0.3 is 5.32 Å². The van der Waals surface area contributed by atoms with E-state index in [2.05, 4.69) is 26.0 Å². The molecule has 184 valence electrons. The molecular formula is C22H18BrCl2N3O5S2. The summed E-state index contributed by atoms with van der Waals surface area (Å²) in [6.07, 6.45) is 1.50. The van der Waals surface area contributed by atoms with E-state index in [1.54, 1.807) is 12.1 Å². The predicted molar refractivity (Wildman–Crippen MR) is 142 cm³/mol. The Labute approximate surface area is 224 Å². The van der Waals surface area contributed by atoms with Crippen molar-refractivity contribution >= 4 is 78.2 Å². The lowest BCUT2D eigenvalue weighted by Crippen LogP contribution is -2.32. The van der Waals surface area contributed by atoms with E-state index in [9.17, 15) is 23.3 Å². The quantitative estimate of drug-likeness (QED) is 0.162. The number of carbonyl (C=O) groups is 1. The van der Waals surface area contributed by atoms with Gasteiger partial charge in [0, 0.05) is 43.2 Å². The van der Waals surface area contributed by atoms with Crippen molar-refractivity contribution in [3.63, 3.8) is 0 Å². The molecule has 3 aromatic rings. The number of rotatable bonds is 9. The van der Waals surface area contributed by atoms with Crippen molar-refractivity contribution < 1.29 is 18.1 Å². The molecule has 1 amide bonds. The molecule has 0 aliphatic rings. The number of carbonyl (C=O) groups excluding carboxylic acids is 1. The summed E-state index contributed by atoms with van der Waals surface area (Å²) >= 11 is 16.8. The standard InChI is InChI=1S/C22H18BrCl2N3O5S2/c1-34-21-7-6-15(11-18(21)23)26-22(29)12-19(17-4-2-3-5-20(17)28(30)31)27-35(32,33)16-9-13(24)8-14(25)10-16/h2-11,19,27H,12H2,1H3,(H,26,29). The predicted octanol–water partition coefficient (Wildman–Crippen LogP) is 6.43. The topological polar surface area (TPSA) is 118 Å². The molecule has 8 nitrogen and oxygen atoms in total. The Morgan fingerprint density at radius 3 is 2.37 bits per heavy atom. The minimum atomic E-state index is -4.26. The van der Waals surface area contributed by atoms with E-state index >= 15 is 0 Å². The highest BCUT2D eigenvalue weighted by atomic mass is 79.9. The normalized spacial score (nSPS) is 12.2. The van der Waals surface area contributed by atoms with Crippen molar-refractivity contribution in [2.75, 3.05) is 11.6 Å². The van der Waals surface area contributed by atoms with E-state index in [1.165, 1.54) is 54.2 Å². The molecule has 0 radical (unpaired) electrons. The molecule has 0 fully saturated rings. The first-order chi connectivity index (χ1) is 16.5. The minimum Gasteiger partial charge on any atom is -0.326 e. The molecule has 2 N–H and O–H groups in total. The van der Waals surface area contributed by atoms with Crippen molar-refractivity contribution in [3.8, 4) is 0 Å². The van der Waals surface area contributed by atoms with Gasteiger partial charge in [-0.25, -0.2) is 13.1 Å². The molecule has 0 aliphatic carbocycles. The van der Waals surface area contributed by atoms with Crippen molar-refractivity contribution in [1.82, 2.24) is 4.72 Å². The maximum absolute atomic E-state index is 13.1. The number of anilines is 1. The number of nitrogens with one attached hydrogen (secondary N) is 2. The zero-order valence-corrected chi connectivity index (χ0v) is 22.7. The Morgan fingerprint density at radius 2 is 1.77 bits per heavy atom. The molecule has 0 aromatic heterocycles. The Kier molecular flexibility index (Phi) is 9.19. The van der Waals surface area contributed by atoms with Gasteiger partial charge in [-0.1, -0.05) is 41.4 Å². The number of para-hydroxylation sites is 1. The van der Waals surface area contributed by atoms with E-state index in [0.717, 1.165) is 9.37 Å².